The van der Waals surface area contributed by atoms with Crippen LogP contribution in [-0.4, -0.2) is 21.9 Å². The highest BCUT2D eigenvalue weighted by molar-refractivity contribution is 5.92. The number of guanidine groups is 1. The van der Waals surface area contributed by atoms with E-state index in [0.29, 0.717) is 12.5 Å². The van der Waals surface area contributed by atoms with E-state index in [4.69, 9.17) is 10.5 Å². The summed E-state index contributed by atoms with van der Waals surface area (Å²) < 4.78 is 7.84. The van der Waals surface area contributed by atoms with Crippen LogP contribution in [0.2, 0.25) is 0 Å². The number of anilines is 1. The molecule has 3 N–H and O–H groups in total. The Hall–Kier alpha value is -3.80. The van der Waals surface area contributed by atoms with Crippen molar-refractivity contribution < 1.29 is 4.74 Å². The van der Waals surface area contributed by atoms with Crippen LogP contribution >= 0.6 is 0 Å². The van der Waals surface area contributed by atoms with Gasteiger partial charge in [0.2, 0.25) is 0 Å². The minimum Gasteiger partial charge on any atom is -0.457 e. The standard InChI is InChI=1S/C22H21N5O/c23-22(24-13-12-18-16-27-14-5-4-11-21(27)25-18)26-17-7-6-10-20(15-17)28-19-8-2-1-3-9-19/h1-11,14-16H,12-13H2,(H3,23,24,26). The summed E-state index contributed by atoms with van der Waals surface area (Å²) >= 11 is 0. The summed E-state index contributed by atoms with van der Waals surface area (Å²) in [6.07, 6.45) is 4.72. The minimum atomic E-state index is 0.362. The molecular formula is C22H21N5O. The molecule has 4 aromatic rings. The van der Waals surface area contributed by atoms with Crippen molar-refractivity contribution in [2.24, 2.45) is 10.7 Å². The Kier molecular flexibility index (Phi) is 5.20. The first-order chi connectivity index (χ1) is 13.8. The molecule has 0 fully saturated rings. The lowest BCUT2D eigenvalue weighted by molar-refractivity contribution is 0.483. The number of hydrogen-bond acceptors (Lipinski definition) is 3. The molecule has 4 rings (SSSR count). The van der Waals surface area contributed by atoms with Gasteiger partial charge in [-0.3, -0.25) is 4.99 Å². The van der Waals surface area contributed by atoms with Gasteiger partial charge in [0.05, 0.1) is 5.69 Å². The van der Waals surface area contributed by atoms with Crippen LogP contribution in [0.3, 0.4) is 0 Å². The van der Waals surface area contributed by atoms with Crippen molar-refractivity contribution in [3.8, 4) is 11.5 Å². The van der Waals surface area contributed by atoms with Gasteiger partial charge < -0.3 is 20.2 Å². The topological polar surface area (TPSA) is 76.9 Å². The molecule has 2 aromatic heterocycles. The fraction of sp³-hybridized carbons (Fsp3) is 0.0909. The van der Waals surface area contributed by atoms with E-state index in [-0.39, 0.29) is 0 Å². The fourth-order valence-electron chi connectivity index (χ4n) is 2.85. The third kappa shape index (κ3) is 4.48. The molecular weight excluding hydrogens is 350 g/mol. The van der Waals surface area contributed by atoms with E-state index in [1.807, 2.05) is 89.6 Å². The molecule has 0 aliphatic carbocycles. The summed E-state index contributed by atoms with van der Waals surface area (Å²) in [5.41, 5.74) is 8.76. The number of imidazole rings is 1. The van der Waals surface area contributed by atoms with Crippen molar-refractivity contribution in [3.63, 3.8) is 0 Å². The summed E-state index contributed by atoms with van der Waals surface area (Å²) in [4.78, 5) is 8.95. The average Bonchev–Trinajstić information content (AvgIpc) is 3.12. The second-order valence-electron chi connectivity index (χ2n) is 6.28. The smallest absolute Gasteiger partial charge is 0.193 e. The molecule has 2 heterocycles. The number of ether oxygens (including phenoxy) is 1. The van der Waals surface area contributed by atoms with E-state index in [2.05, 4.69) is 15.3 Å². The number of nitrogens with zero attached hydrogens (tertiary/aromatic N) is 3. The second kappa shape index (κ2) is 8.26. The maximum Gasteiger partial charge on any atom is 0.193 e. The number of para-hydroxylation sites is 1. The van der Waals surface area contributed by atoms with Crippen LogP contribution in [0.25, 0.3) is 5.65 Å². The molecule has 0 saturated carbocycles. The summed E-state index contributed by atoms with van der Waals surface area (Å²) in [5, 5.41) is 3.10. The number of aliphatic imine (C=N–C) groups is 1. The lowest BCUT2D eigenvalue weighted by atomic mass is 10.3. The van der Waals surface area contributed by atoms with Gasteiger partial charge in [-0.1, -0.05) is 30.3 Å². The molecule has 0 saturated heterocycles. The Morgan fingerprint density at radius 2 is 1.82 bits per heavy atom. The number of rotatable bonds is 6. The number of hydrogen-bond donors (Lipinski definition) is 2. The lowest BCUT2D eigenvalue weighted by Gasteiger charge is -2.09. The van der Waals surface area contributed by atoms with Gasteiger partial charge in [0.1, 0.15) is 17.1 Å². The van der Waals surface area contributed by atoms with Gasteiger partial charge in [-0.25, -0.2) is 4.98 Å². The zero-order valence-electron chi connectivity index (χ0n) is 15.3. The van der Waals surface area contributed by atoms with E-state index >= 15 is 0 Å². The van der Waals surface area contributed by atoms with Crippen molar-refractivity contribution in [1.29, 1.82) is 0 Å². The molecule has 0 spiro atoms. The third-order valence-corrected chi connectivity index (χ3v) is 4.15. The van der Waals surface area contributed by atoms with E-state index in [0.717, 1.165) is 34.9 Å². The summed E-state index contributed by atoms with van der Waals surface area (Å²) in [6.45, 7) is 0.558. The van der Waals surface area contributed by atoms with Crippen LogP contribution < -0.4 is 15.8 Å². The van der Waals surface area contributed by atoms with E-state index in [1.165, 1.54) is 0 Å². The van der Waals surface area contributed by atoms with Gasteiger partial charge in [-0.05, 0) is 36.4 Å². The summed E-state index contributed by atoms with van der Waals surface area (Å²) in [6, 6.07) is 23.2. The Balaban J connectivity index is 1.35. The van der Waals surface area contributed by atoms with Crippen LogP contribution in [0.15, 0.2) is 90.2 Å². The van der Waals surface area contributed by atoms with Crippen molar-refractivity contribution in [1.82, 2.24) is 9.38 Å². The molecule has 140 valence electrons. The predicted octanol–water partition coefficient (Wildman–Crippen LogP) is 4.10. The zero-order valence-corrected chi connectivity index (χ0v) is 15.3. The van der Waals surface area contributed by atoms with Gasteiger partial charge in [-0.2, -0.15) is 0 Å². The van der Waals surface area contributed by atoms with Crippen molar-refractivity contribution in [2.75, 3.05) is 11.9 Å². The van der Waals surface area contributed by atoms with Gasteiger partial charge >= 0.3 is 0 Å². The predicted molar refractivity (Wildman–Crippen MR) is 112 cm³/mol. The molecule has 6 nitrogen and oxygen atoms in total. The quantitative estimate of drug-likeness (QED) is 0.395. The highest BCUT2D eigenvalue weighted by atomic mass is 16.5. The molecule has 0 aliphatic heterocycles. The molecule has 0 aliphatic rings. The Morgan fingerprint density at radius 3 is 2.68 bits per heavy atom. The van der Waals surface area contributed by atoms with E-state index in [9.17, 15) is 0 Å². The number of fused-ring (bicyclic) bond motifs is 1. The van der Waals surface area contributed by atoms with Crippen LogP contribution in [0.5, 0.6) is 11.5 Å². The van der Waals surface area contributed by atoms with Gasteiger partial charge in [0, 0.05) is 37.1 Å². The first-order valence-electron chi connectivity index (χ1n) is 9.09. The Labute approximate surface area is 163 Å². The molecule has 28 heavy (non-hydrogen) atoms. The fourth-order valence-corrected chi connectivity index (χ4v) is 2.85. The molecule has 6 heteroatoms. The van der Waals surface area contributed by atoms with Crippen LogP contribution in [-0.2, 0) is 6.42 Å². The molecule has 0 unspecified atom stereocenters. The normalized spacial score (nSPS) is 11.5. The molecule has 2 aromatic carbocycles. The van der Waals surface area contributed by atoms with Gasteiger partial charge in [-0.15, -0.1) is 0 Å². The third-order valence-electron chi connectivity index (χ3n) is 4.15. The number of pyridine rings is 1. The van der Waals surface area contributed by atoms with Crippen molar-refractivity contribution >= 4 is 17.3 Å². The molecule has 0 amide bonds. The highest BCUT2D eigenvalue weighted by Gasteiger charge is 2.02. The summed E-state index contributed by atoms with van der Waals surface area (Å²) in [5.74, 6) is 1.88. The second-order valence-corrected chi connectivity index (χ2v) is 6.28. The Bertz CT molecular complexity index is 1060. The summed E-state index contributed by atoms with van der Waals surface area (Å²) in [7, 11) is 0. The first kappa shape index (κ1) is 17.6. The largest absolute Gasteiger partial charge is 0.457 e. The minimum absolute atomic E-state index is 0.362. The average molecular weight is 371 g/mol. The highest BCUT2D eigenvalue weighted by Crippen LogP contribution is 2.23. The lowest BCUT2D eigenvalue weighted by Crippen LogP contribution is -2.23. The Morgan fingerprint density at radius 1 is 1.00 bits per heavy atom. The van der Waals surface area contributed by atoms with E-state index in [1.54, 1.807) is 0 Å². The maximum absolute atomic E-state index is 6.02. The first-order valence-corrected chi connectivity index (χ1v) is 9.09. The monoisotopic (exact) mass is 371 g/mol. The van der Waals surface area contributed by atoms with Crippen LogP contribution in [0.1, 0.15) is 5.69 Å². The van der Waals surface area contributed by atoms with E-state index < -0.39 is 0 Å². The number of aromatic nitrogens is 2. The molecule has 0 bridgehead atoms. The van der Waals surface area contributed by atoms with Crippen molar-refractivity contribution in [3.05, 3.63) is 90.9 Å². The zero-order chi connectivity index (χ0) is 19.2. The number of nitrogens with one attached hydrogen (secondary N) is 1. The number of benzene rings is 2. The SMILES string of the molecule is NC(=NCCc1cn2ccccc2n1)Nc1cccc(Oc2ccccc2)c1. The number of nitrogens with two attached hydrogens (primary N) is 1. The van der Waals surface area contributed by atoms with Crippen molar-refractivity contribution in [2.45, 2.75) is 6.42 Å². The maximum atomic E-state index is 6.02. The van der Waals surface area contributed by atoms with Gasteiger partial charge in [0.15, 0.2) is 5.96 Å². The van der Waals surface area contributed by atoms with Gasteiger partial charge in [0.25, 0.3) is 0 Å². The van der Waals surface area contributed by atoms with Crippen LogP contribution in [0.4, 0.5) is 5.69 Å². The molecule has 0 radical (unpaired) electrons. The van der Waals surface area contributed by atoms with Crippen LogP contribution in [0, 0.1) is 0 Å². The molecule has 0 atom stereocenters.